The summed E-state index contributed by atoms with van der Waals surface area (Å²) in [6, 6.07) is 9.26. The molecule has 4 aromatic rings. The molecule has 188 valence electrons. The number of amides is 1. The number of nitrogens with two attached hydrogens (primary N) is 1. The molecular weight excluding hydrogens is 522 g/mol. The Labute approximate surface area is 212 Å². The Morgan fingerprint density at radius 2 is 1.97 bits per heavy atom. The first kappa shape index (κ1) is 25.5. The molecule has 0 aliphatic heterocycles. The second-order valence-corrected chi connectivity index (χ2v) is 8.53. The SMILES string of the molecule is COc1ccc(-c2ccn3nc(N)nc3c2)c(F)c1C(=O)NCC(F)(F)[C@H](O)c1ccc(Cl)c(Cl)c1. The molecule has 0 aliphatic rings. The van der Waals surface area contributed by atoms with Crippen LogP contribution in [0.1, 0.15) is 22.0 Å². The quantitative estimate of drug-likeness (QED) is 0.318. The van der Waals surface area contributed by atoms with E-state index in [1.54, 1.807) is 0 Å². The van der Waals surface area contributed by atoms with Gasteiger partial charge in [-0.2, -0.15) is 4.98 Å². The number of rotatable bonds is 7. The molecule has 1 atom stereocenters. The average molecular weight is 540 g/mol. The number of carbonyl (C=O) groups excluding carboxylic acids is 1. The van der Waals surface area contributed by atoms with Gasteiger partial charge in [-0.25, -0.2) is 17.7 Å². The number of pyridine rings is 1. The smallest absolute Gasteiger partial charge is 0.294 e. The summed E-state index contributed by atoms with van der Waals surface area (Å²) in [5, 5.41) is 16.2. The molecule has 4 N–H and O–H groups in total. The number of halogens is 5. The number of ether oxygens (including phenoxy) is 1. The highest BCUT2D eigenvalue weighted by Gasteiger charge is 2.40. The lowest BCUT2D eigenvalue weighted by atomic mass is 10.0. The van der Waals surface area contributed by atoms with Gasteiger partial charge in [0, 0.05) is 11.8 Å². The molecule has 8 nitrogen and oxygen atoms in total. The maximum atomic E-state index is 15.5. The molecular formula is C23H18Cl2F3N5O3. The van der Waals surface area contributed by atoms with Gasteiger partial charge in [-0.15, -0.1) is 5.10 Å². The topological polar surface area (TPSA) is 115 Å². The number of carbonyl (C=O) groups is 1. The van der Waals surface area contributed by atoms with Gasteiger partial charge >= 0.3 is 0 Å². The van der Waals surface area contributed by atoms with Crippen LogP contribution in [0.3, 0.4) is 0 Å². The fraction of sp³-hybridized carbons (Fsp3) is 0.174. The summed E-state index contributed by atoms with van der Waals surface area (Å²) in [5.74, 6) is -6.15. The molecule has 0 aliphatic carbocycles. The number of benzene rings is 2. The molecule has 1 amide bonds. The van der Waals surface area contributed by atoms with Crippen LogP contribution in [-0.4, -0.2) is 45.2 Å². The van der Waals surface area contributed by atoms with Crippen molar-refractivity contribution in [3.05, 3.63) is 75.7 Å². The zero-order chi connectivity index (χ0) is 26.2. The van der Waals surface area contributed by atoms with Crippen molar-refractivity contribution < 1.29 is 27.8 Å². The van der Waals surface area contributed by atoms with Crippen LogP contribution < -0.4 is 15.8 Å². The Hall–Kier alpha value is -3.54. The summed E-state index contributed by atoms with van der Waals surface area (Å²) in [4.78, 5) is 16.8. The number of aliphatic hydroxyl groups excluding tert-OH is 1. The largest absolute Gasteiger partial charge is 0.496 e. The monoisotopic (exact) mass is 539 g/mol. The van der Waals surface area contributed by atoms with E-state index in [1.165, 1.54) is 54.2 Å². The summed E-state index contributed by atoms with van der Waals surface area (Å²) in [6.07, 6.45) is -0.810. The van der Waals surface area contributed by atoms with Crippen molar-refractivity contribution in [1.82, 2.24) is 19.9 Å². The van der Waals surface area contributed by atoms with Crippen molar-refractivity contribution in [3.8, 4) is 16.9 Å². The van der Waals surface area contributed by atoms with Crippen LogP contribution in [0.5, 0.6) is 5.75 Å². The van der Waals surface area contributed by atoms with Crippen LogP contribution in [-0.2, 0) is 0 Å². The molecule has 2 aromatic heterocycles. The second-order valence-electron chi connectivity index (χ2n) is 7.71. The van der Waals surface area contributed by atoms with Crippen LogP contribution >= 0.6 is 23.2 Å². The number of aromatic nitrogens is 3. The molecule has 13 heteroatoms. The maximum absolute atomic E-state index is 15.5. The van der Waals surface area contributed by atoms with Crippen molar-refractivity contribution >= 4 is 40.7 Å². The van der Waals surface area contributed by atoms with Gasteiger partial charge in [0.1, 0.15) is 23.2 Å². The third kappa shape index (κ3) is 4.90. The fourth-order valence-corrected chi connectivity index (χ4v) is 3.85. The van der Waals surface area contributed by atoms with Crippen molar-refractivity contribution in [3.63, 3.8) is 0 Å². The van der Waals surface area contributed by atoms with Crippen LogP contribution in [0.15, 0.2) is 48.7 Å². The van der Waals surface area contributed by atoms with Gasteiger partial charge in [0.2, 0.25) is 5.95 Å². The normalized spacial score (nSPS) is 12.5. The van der Waals surface area contributed by atoms with Crippen molar-refractivity contribution in [2.75, 3.05) is 19.4 Å². The second kappa shape index (κ2) is 9.84. The van der Waals surface area contributed by atoms with Crippen LogP contribution in [0.4, 0.5) is 19.1 Å². The molecule has 2 aromatic carbocycles. The molecule has 0 radical (unpaired) electrons. The van der Waals surface area contributed by atoms with E-state index in [-0.39, 0.29) is 32.9 Å². The van der Waals surface area contributed by atoms with Crippen molar-refractivity contribution in [2.24, 2.45) is 0 Å². The van der Waals surface area contributed by atoms with Crippen molar-refractivity contribution in [2.45, 2.75) is 12.0 Å². The van der Waals surface area contributed by atoms with Crippen LogP contribution in [0.25, 0.3) is 16.8 Å². The number of nitrogens with zero attached hydrogens (tertiary/aromatic N) is 3. The fourth-order valence-electron chi connectivity index (χ4n) is 3.54. The van der Waals surface area contributed by atoms with Gasteiger partial charge in [-0.1, -0.05) is 29.3 Å². The number of nitrogens with one attached hydrogen (secondary N) is 1. The highest BCUT2D eigenvalue weighted by atomic mass is 35.5. The molecule has 0 saturated carbocycles. The highest BCUT2D eigenvalue weighted by Crippen LogP contribution is 2.35. The van der Waals surface area contributed by atoms with Gasteiger partial charge in [0.05, 0.1) is 23.7 Å². The van der Waals surface area contributed by atoms with E-state index in [0.29, 0.717) is 11.2 Å². The van der Waals surface area contributed by atoms with E-state index in [1.807, 2.05) is 5.32 Å². The van der Waals surface area contributed by atoms with E-state index in [2.05, 4.69) is 10.1 Å². The summed E-state index contributed by atoms with van der Waals surface area (Å²) in [7, 11) is 1.21. The molecule has 0 saturated heterocycles. The number of methoxy groups -OCH3 is 1. The number of anilines is 1. The van der Waals surface area contributed by atoms with E-state index in [9.17, 15) is 18.7 Å². The Balaban J connectivity index is 1.60. The minimum absolute atomic E-state index is 0.00683. The summed E-state index contributed by atoms with van der Waals surface area (Å²) < 4.78 is 51.4. The minimum atomic E-state index is -3.83. The number of nitrogen functional groups attached to an aromatic ring is 1. The summed E-state index contributed by atoms with van der Waals surface area (Å²) in [6.45, 7) is -1.30. The first-order valence-electron chi connectivity index (χ1n) is 10.3. The molecule has 0 fully saturated rings. The standard InChI is InChI=1S/C23H18Cl2F3N5O3/c1-36-16-5-3-13(11-6-7-33-17(9-11)31-22(29)32-33)19(26)18(16)21(35)30-10-23(27,28)20(34)12-2-4-14(24)15(25)8-12/h2-9,20,34H,10H2,1H3,(H2,29,32)(H,30,35)/t20-/m1/s1. The maximum Gasteiger partial charge on any atom is 0.294 e. The van der Waals surface area contributed by atoms with Crippen molar-refractivity contribution in [1.29, 1.82) is 0 Å². The predicted molar refractivity (Wildman–Crippen MR) is 128 cm³/mol. The van der Waals surface area contributed by atoms with E-state index in [4.69, 9.17) is 33.7 Å². The Morgan fingerprint density at radius 1 is 1.22 bits per heavy atom. The zero-order valence-corrected chi connectivity index (χ0v) is 20.0. The Morgan fingerprint density at radius 3 is 2.67 bits per heavy atom. The number of alkyl halides is 2. The Bertz CT molecular complexity index is 1460. The lowest BCUT2D eigenvalue weighted by Gasteiger charge is -2.24. The number of hydrogen-bond acceptors (Lipinski definition) is 6. The van der Waals surface area contributed by atoms with Crippen LogP contribution in [0, 0.1) is 5.82 Å². The third-order valence-corrected chi connectivity index (χ3v) is 6.10. The predicted octanol–water partition coefficient (Wildman–Crippen LogP) is 4.53. The average Bonchev–Trinajstić information content (AvgIpc) is 3.22. The zero-order valence-electron chi connectivity index (χ0n) is 18.5. The van der Waals surface area contributed by atoms with Gasteiger partial charge in [-0.3, -0.25) is 4.79 Å². The number of hydrogen-bond donors (Lipinski definition) is 3. The first-order valence-corrected chi connectivity index (χ1v) is 11.0. The number of aliphatic hydroxyl groups is 1. The molecule has 4 rings (SSSR count). The molecule has 0 spiro atoms. The molecule has 36 heavy (non-hydrogen) atoms. The van der Waals surface area contributed by atoms with Gasteiger partial charge in [0.25, 0.3) is 11.8 Å². The minimum Gasteiger partial charge on any atom is -0.496 e. The lowest BCUT2D eigenvalue weighted by molar-refractivity contribution is -0.106. The van der Waals surface area contributed by atoms with E-state index < -0.39 is 35.9 Å². The highest BCUT2D eigenvalue weighted by molar-refractivity contribution is 6.42. The lowest BCUT2D eigenvalue weighted by Crippen LogP contribution is -2.41. The molecule has 0 bridgehead atoms. The van der Waals surface area contributed by atoms with E-state index in [0.717, 1.165) is 6.07 Å². The van der Waals surface area contributed by atoms with Crippen LogP contribution in [0.2, 0.25) is 10.0 Å². The third-order valence-electron chi connectivity index (χ3n) is 5.36. The van der Waals surface area contributed by atoms with E-state index >= 15 is 4.39 Å². The van der Waals surface area contributed by atoms with Gasteiger partial charge in [-0.05, 0) is 47.5 Å². The van der Waals surface area contributed by atoms with Gasteiger partial charge < -0.3 is 20.9 Å². The first-order chi connectivity index (χ1) is 17.0. The molecule has 0 unspecified atom stereocenters. The summed E-state index contributed by atoms with van der Waals surface area (Å²) >= 11 is 11.6. The van der Waals surface area contributed by atoms with Gasteiger partial charge in [0.15, 0.2) is 5.65 Å². The molecule has 2 heterocycles. The Kier molecular flexibility index (Phi) is 6.98. The number of fused-ring (bicyclic) bond motifs is 1. The summed E-state index contributed by atoms with van der Waals surface area (Å²) in [5.41, 5.74) is 5.44.